The van der Waals surface area contributed by atoms with Crippen molar-refractivity contribution in [3.63, 3.8) is 0 Å². The van der Waals surface area contributed by atoms with E-state index in [0.717, 1.165) is 10.0 Å². The van der Waals surface area contributed by atoms with Crippen molar-refractivity contribution in [1.82, 2.24) is 0 Å². The summed E-state index contributed by atoms with van der Waals surface area (Å²) in [5, 5.41) is 10.1. The molecule has 0 heterocycles. The molecule has 90 valence electrons. The topological polar surface area (TPSA) is 38.7 Å². The average Bonchev–Trinajstić information content (AvgIpc) is 2.28. The highest BCUT2D eigenvalue weighted by Gasteiger charge is 2.22. The highest BCUT2D eigenvalue weighted by atomic mass is 79.9. The van der Waals surface area contributed by atoms with Gasteiger partial charge in [-0.25, -0.2) is 0 Å². The Morgan fingerprint density at radius 2 is 1.94 bits per heavy atom. The Hall–Kier alpha value is 0.0100. The highest BCUT2D eigenvalue weighted by molar-refractivity contribution is 9.10. The molecule has 1 N–H and O–H groups in total. The Bertz CT molecular complexity index is 316. The predicted molar refractivity (Wildman–Crippen MR) is 69.3 cm³/mol. The molecule has 0 aliphatic rings. The monoisotopic (exact) mass is 306 g/mol. The molecular weight excluding hydrogens is 291 g/mol. The minimum Gasteiger partial charge on any atom is -0.379 e. The number of halogens is 1. The lowest BCUT2D eigenvalue weighted by Crippen LogP contribution is -2.01. The molecule has 1 unspecified atom stereocenters. The Morgan fingerprint density at radius 3 is 2.44 bits per heavy atom. The van der Waals surface area contributed by atoms with Gasteiger partial charge in [-0.3, -0.25) is 0 Å². The van der Waals surface area contributed by atoms with Gasteiger partial charge in [0.25, 0.3) is 0 Å². The molecule has 1 aromatic rings. The van der Waals surface area contributed by atoms with Crippen LogP contribution in [0.15, 0.2) is 28.7 Å². The van der Waals surface area contributed by atoms with Gasteiger partial charge in [0, 0.05) is 4.47 Å². The summed E-state index contributed by atoms with van der Waals surface area (Å²) >= 11 is 3.37. The molecule has 0 amide bonds. The summed E-state index contributed by atoms with van der Waals surface area (Å²) in [4.78, 5) is 0. The Balaban J connectivity index is 2.76. The van der Waals surface area contributed by atoms with E-state index in [1.54, 1.807) is 0 Å². The molecule has 0 radical (unpaired) electrons. The van der Waals surface area contributed by atoms with E-state index in [4.69, 9.17) is 9.05 Å². The zero-order valence-electron chi connectivity index (χ0n) is 9.39. The lowest BCUT2D eigenvalue weighted by Gasteiger charge is -2.21. The van der Waals surface area contributed by atoms with Crippen molar-refractivity contribution >= 4 is 24.3 Å². The lowest BCUT2D eigenvalue weighted by molar-refractivity contribution is 0.187. The van der Waals surface area contributed by atoms with Crippen molar-refractivity contribution in [1.29, 1.82) is 0 Å². The van der Waals surface area contributed by atoms with Crippen molar-refractivity contribution < 1.29 is 14.2 Å². The molecule has 0 saturated carbocycles. The van der Waals surface area contributed by atoms with Crippen molar-refractivity contribution in [2.24, 2.45) is 0 Å². The number of hydrogen-bond donors (Lipinski definition) is 1. The van der Waals surface area contributed by atoms with Crippen LogP contribution < -0.4 is 0 Å². The average molecular weight is 307 g/mol. The summed E-state index contributed by atoms with van der Waals surface area (Å²) in [6.07, 6.45) is 0. The van der Waals surface area contributed by atoms with Gasteiger partial charge < -0.3 is 14.2 Å². The molecule has 16 heavy (non-hydrogen) atoms. The van der Waals surface area contributed by atoms with Crippen molar-refractivity contribution in [3.8, 4) is 0 Å². The van der Waals surface area contributed by atoms with Crippen LogP contribution in [0.3, 0.4) is 0 Å². The maximum Gasteiger partial charge on any atom is 0.206 e. The van der Waals surface area contributed by atoms with Crippen LogP contribution >= 0.6 is 24.3 Å². The number of hydrogen-bond acceptors (Lipinski definition) is 3. The first kappa shape index (κ1) is 14.1. The molecule has 0 bridgehead atoms. The van der Waals surface area contributed by atoms with Crippen LogP contribution in [0.1, 0.15) is 25.3 Å². The first-order chi connectivity index (χ1) is 7.69. The van der Waals surface area contributed by atoms with E-state index in [1.807, 2.05) is 38.1 Å². The largest absolute Gasteiger partial charge is 0.379 e. The SMILES string of the molecule is CCOP(OCC)C(O)c1cccc(Br)c1. The Labute approximate surface area is 106 Å². The van der Waals surface area contributed by atoms with Gasteiger partial charge in [0.05, 0.1) is 13.2 Å². The molecule has 1 rings (SSSR count). The first-order valence-corrected chi connectivity index (χ1v) is 7.21. The second kappa shape index (κ2) is 7.36. The summed E-state index contributed by atoms with van der Waals surface area (Å²) in [7, 11) is -1.28. The van der Waals surface area contributed by atoms with Crippen molar-refractivity contribution in [2.75, 3.05) is 13.2 Å². The molecule has 0 fully saturated rings. The standard InChI is InChI=1S/C11H16BrO3P/c1-3-14-16(15-4-2)11(13)9-6-5-7-10(12)8-9/h5-8,11,13H,3-4H2,1-2H3. The van der Waals surface area contributed by atoms with Gasteiger partial charge in [0.15, 0.2) is 0 Å². The minimum absolute atomic E-state index is 0.538. The number of benzene rings is 1. The van der Waals surface area contributed by atoms with Crippen LogP contribution in [0.2, 0.25) is 0 Å². The summed E-state index contributed by atoms with van der Waals surface area (Å²) in [6, 6.07) is 7.54. The fourth-order valence-electron chi connectivity index (χ4n) is 1.22. The van der Waals surface area contributed by atoms with Gasteiger partial charge in [-0.15, -0.1) is 0 Å². The minimum atomic E-state index is -1.28. The molecule has 1 atom stereocenters. The zero-order chi connectivity index (χ0) is 12.0. The van der Waals surface area contributed by atoms with E-state index in [0.29, 0.717) is 13.2 Å². The number of aliphatic hydroxyl groups excluding tert-OH is 1. The zero-order valence-corrected chi connectivity index (χ0v) is 11.9. The van der Waals surface area contributed by atoms with E-state index < -0.39 is 14.2 Å². The molecule has 0 saturated heterocycles. The normalized spacial score (nSPS) is 13.1. The first-order valence-electron chi connectivity index (χ1n) is 5.17. The van der Waals surface area contributed by atoms with Crippen LogP contribution in [0.5, 0.6) is 0 Å². The predicted octanol–water partition coefficient (Wildman–Crippen LogP) is 3.82. The summed E-state index contributed by atoms with van der Waals surface area (Å²) in [5.41, 5.74) is 0.808. The van der Waals surface area contributed by atoms with Gasteiger partial charge in [0.1, 0.15) is 5.85 Å². The van der Waals surface area contributed by atoms with Crippen molar-refractivity contribution in [3.05, 3.63) is 34.3 Å². The van der Waals surface area contributed by atoms with Crippen LogP contribution in [0.4, 0.5) is 0 Å². The van der Waals surface area contributed by atoms with Gasteiger partial charge in [-0.05, 0) is 31.5 Å². The smallest absolute Gasteiger partial charge is 0.206 e. The van der Waals surface area contributed by atoms with Gasteiger partial charge in [-0.1, -0.05) is 28.1 Å². The molecule has 0 spiro atoms. The molecule has 0 aliphatic heterocycles. The quantitative estimate of drug-likeness (QED) is 0.812. The van der Waals surface area contributed by atoms with E-state index in [-0.39, 0.29) is 0 Å². The van der Waals surface area contributed by atoms with Crippen LogP contribution in [0.25, 0.3) is 0 Å². The third-order valence-electron chi connectivity index (χ3n) is 1.86. The molecule has 0 aliphatic carbocycles. The molecule has 1 aromatic carbocycles. The van der Waals surface area contributed by atoms with Gasteiger partial charge >= 0.3 is 0 Å². The third-order valence-corrected chi connectivity index (χ3v) is 4.08. The summed E-state index contributed by atoms with van der Waals surface area (Å²) in [5.74, 6) is -0.701. The summed E-state index contributed by atoms with van der Waals surface area (Å²) in [6.45, 7) is 4.86. The molecule has 0 aromatic heterocycles. The number of aliphatic hydroxyl groups is 1. The van der Waals surface area contributed by atoms with Gasteiger partial charge in [0.2, 0.25) is 8.38 Å². The van der Waals surface area contributed by atoms with Crippen LogP contribution in [-0.4, -0.2) is 18.3 Å². The Kier molecular flexibility index (Phi) is 6.47. The van der Waals surface area contributed by atoms with E-state index in [2.05, 4.69) is 15.9 Å². The summed E-state index contributed by atoms with van der Waals surface area (Å²) < 4.78 is 11.8. The maximum atomic E-state index is 10.1. The highest BCUT2D eigenvalue weighted by Crippen LogP contribution is 2.51. The van der Waals surface area contributed by atoms with E-state index >= 15 is 0 Å². The van der Waals surface area contributed by atoms with Crippen molar-refractivity contribution in [2.45, 2.75) is 19.7 Å². The van der Waals surface area contributed by atoms with E-state index in [9.17, 15) is 5.11 Å². The second-order valence-electron chi connectivity index (χ2n) is 3.05. The fourth-order valence-corrected chi connectivity index (χ4v) is 2.91. The third kappa shape index (κ3) is 4.11. The fraction of sp³-hybridized carbons (Fsp3) is 0.455. The maximum absolute atomic E-state index is 10.1. The number of rotatable bonds is 6. The van der Waals surface area contributed by atoms with Crippen LogP contribution in [0, 0.1) is 0 Å². The second-order valence-corrected chi connectivity index (χ2v) is 5.54. The molecular formula is C11H16BrO3P. The van der Waals surface area contributed by atoms with Crippen LogP contribution in [-0.2, 0) is 9.05 Å². The molecule has 5 heteroatoms. The Morgan fingerprint density at radius 1 is 1.31 bits per heavy atom. The van der Waals surface area contributed by atoms with E-state index in [1.165, 1.54) is 0 Å². The van der Waals surface area contributed by atoms with Gasteiger partial charge in [-0.2, -0.15) is 0 Å². The lowest BCUT2D eigenvalue weighted by atomic mass is 10.2. The molecule has 3 nitrogen and oxygen atoms in total.